The fraction of sp³-hybridized carbons (Fsp3) is 0.438. The van der Waals surface area contributed by atoms with Crippen molar-refractivity contribution in [3.05, 3.63) is 41.5 Å². The zero-order chi connectivity index (χ0) is 16.2. The normalized spacial score (nSPS) is 15.3. The number of allylic oxidation sites excluding steroid dienone is 1. The highest BCUT2D eigenvalue weighted by molar-refractivity contribution is 9.09. The zero-order valence-corrected chi connectivity index (χ0v) is 15.0. The lowest BCUT2D eigenvalue weighted by Gasteiger charge is -2.24. The first-order valence-corrected chi connectivity index (χ1v) is 9.87. The van der Waals surface area contributed by atoms with Crippen LogP contribution in [0.5, 0.6) is 0 Å². The molecule has 0 fully saturated rings. The molecule has 0 bridgehead atoms. The predicted octanol–water partition coefficient (Wildman–Crippen LogP) is 3.41. The van der Waals surface area contributed by atoms with Gasteiger partial charge in [0, 0.05) is 0 Å². The Morgan fingerprint density at radius 1 is 1.23 bits per heavy atom. The molecule has 0 N–H and O–H groups in total. The van der Waals surface area contributed by atoms with Gasteiger partial charge in [0.05, 0.1) is 16.8 Å². The highest BCUT2D eigenvalue weighted by Crippen LogP contribution is 2.23. The van der Waals surface area contributed by atoms with Crippen molar-refractivity contribution in [1.82, 2.24) is 4.31 Å². The number of halogens is 1. The van der Waals surface area contributed by atoms with Crippen molar-refractivity contribution in [3.8, 4) is 0 Å². The summed E-state index contributed by atoms with van der Waals surface area (Å²) in [5.74, 6) is -0.438. The third-order valence-electron chi connectivity index (χ3n) is 3.73. The van der Waals surface area contributed by atoms with Crippen molar-refractivity contribution in [1.29, 1.82) is 0 Å². The molecule has 0 aliphatic heterocycles. The molecule has 1 aromatic carbocycles. The van der Waals surface area contributed by atoms with Gasteiger partial charge in [0.15, 0.2) is 0 Å². The van der Waals surface area contributed by atoms with Crippen LogP contribution in [0, 0.1) is 6.92 Å². The third kappa shape index (κ3) is 3.98. The Labute approximate surface area is 140 Å². The van der Waals surface area contributed by atoms with Gasteiger partial charge in [-0.1, -0.05) is 45.3 Å². The van der Waals surface area contributed by atoms with Gasteiger partial charge in [-0.05, 0) is 44.7 Å². The van der Waals surface area contributed by atoms with E-state index in [1.165, 1.54) is 0 Å². The van der Waals surface area contributed by atoms with Crippen LogP contribution in [0.15, 0.2) is 40.8 Å². The minimum absolute atomic E-state index is 0.00856. The third-order valence-corrected chi connectivity index (χ3v) is 5.99. The van der Waals surface area contributed by atoms with Gasteiger partial charge in [0.1, 0.15) is 0 Å². The van der Waals surface area contributed by atoms with Crippen molar-refractivity contribution in [2.45, 2.75) is 37.5 Å². The van der Waals surface area contributed by atoms with E-state index in [9.17, 15) is 13.2 Å². The van der Waals surface area contributed by atoms with Crippen LogP contribution in [0.3, 0.4) is 0 Å². The molecule has 1 aromatic rings. The molecule has 0 aromatic heterocycles. The number of carbonyl (C=O) groups excluding carboxylic acids is 1. The van der Waals surface area contributed by atoms with Crippen LogP contribution in [-0.2, 0) is 14.8 Å². The van der Waals surface area contributed by atoms with Crippen LogP contribution in [0.25, 0.3) is 0 Å². The number of hydrogen-bond donors (Lipinski definition) is 0. The summed E-state index contributed by atoms with van der Waals surface area (Å²) in [7, 11) is -3.82. The van der Waals surface area contributed by atoms with Gasteiger partial charge in [-0.25, -0.2) is 12.7 Å². The van der Waals surface area contributed by atoms with E-state index in [-0.39, 0.29) is 16.8 Å². The molecule has 0 saturated carbocycles. The summed E-state index contributed by atoms with van der Waals surface area (Å²) < 4.78 is 26.5. The van der Waals surface area contributed by atoms with Crippen LogP contribution < -0.4 is 0 Å². The maximum absolute atomic E-state index is 12.8. The number of amides is 1. The topological polar surface area (TPSA) is 54.5 Å². The first kappa shape index (κ1) is 17.2. The van der Waals surface area contributed by atoms with Crippen molar-refractivity contribution in [3.63, 3.8) is 0 Å². The minimum atomic E-state index is -3.82. The molecule has 0 unspecified atom stereocenters. The summed E-state index contributed by atoms with van der Waals surface area (Å²) in [4.78, 5) is 12.3. The summed E-state index contributed by atoms with van der Waals surface area (Å²) in [6.45, 7) is 2.05. The number of aryl methyl sites for hydroxylation is 1. The molecule has 22 heavy (non-hydrogen) atoms. The standard InChI is InChI=1S/C16H20BrNO3S/c1-13-7-9-15(10-8-13)22(20,21)18(16(19)11-17)12-14-5-3-2-4-6-14/h5,7-10H,2-4,6,11-12H2,1H3. The van der Waals surface area contributed by atoms with E-state index < -0.39 is 15.9 Å². The Morgan fingerprint density at radius 3 is 2.45 bits per heavy atom. The molecule has 6 heteroatoms. The van der Waals surface area contributed by atoms with Gasteiger partial charge in [-0.3, -0.25) is 4.79 Å². The highest BCUT2D eigenvalue weighted by atomic mass is 79.9. The molecule has 2 rings (SSSR count). The Kier molecular flexibility index (Phi) is 5.81. The number of carbonyl (C=O) groups is 1. The molecule has 120 valence electrons. The SMILES string of the molecule is Cc1ccc(S(=O)(=O)N(CC2=CCCCC2)C(=O)CBr)cc1. The Bertz CT molecular complexity index is 665. The first-order valence-electron chi connectivity index (χ1n) is 7.31. The van der Waals surface area contributed by atoms with Crippen LogP contribution in [0.1, 0.15) is 31.2 Å². The number of hydrogen-bond acceptors (Lipinski definition) is 3. The van der Waals surface area contributed by atoms with E-state index in [1.54, 1.807) is 24.3 Å². The van der Waals surface area contributed by atoms with Gasteiger partial charge < -0.3 is 0 Å². The lowest BCUT2D eigenvalue weighted by atomic mass is 10.00. The minimum Gasteiger partial charge on any atom is -0.273 e. The van der Waals surface area contributed by atoms with Crippen molar-refractivity contribution >= 4 is 31.9 Å². The molecule has 0 saturated heterocycles. The van der Waals surface area contributed by atoms with Crippen LogP contribution in [0.4, 0.5) is 0 Å². The zero-order valence-electron chi connectivity index (χ0n) is 12.6. The molecule has 4 nitrogen and oxygen atoms in total. The monoisotopic (exact) mass is 385 g/mol. The van der Waals surface area contributed by atoms with E-state index in [1.807, 2.05) is 6.92 Å². The average molecular weight is 386 g/mol. The molecule has 1 amide bonds. The Morgan fingerprint density at radius 2 is 1.91 bits per heavy atom. The molecule has 0 radical (unpaired) electrons. The van der Waals surface area contributed by atoms with Gasteiger partial charge in [-0.15, -0.1) is 0 Å². The lowest BCUT2D eigenvalue weighted by molar-refractivity contribution is -0.123. The molecule has 1 aliphatic rings. The van der Waals surface area contributed by atoms with Crippen LogP contribution in [0.2, 0.25) is 0 Å². The highest BCUT2D eigenvalue weighted by Gasteiger charge is 2.29. The van der Waals surface area contributed by atoms with Crippen LogP contribution >= 0.6 is 15.9 Å². The Balaban J connectivity index is 2.33. The molecular weight excluding hydrogens is 366 g/mol. The summed E-state index contributed by atoms with van der Waals surface area (Å²) in [6.07, 6.45) is 6.04. The molecule has 0 spiro atoms. The largest absolute Gasteiger partial charge is 0.273 e. The summed E-state index contributed by atoms with van der Waals surface area (Å²) in [6, 6.07) is 6.58. The van der Waals surface area contributed by atoms with E-state index in [0.717, 1.165) is 41.1 Å². The number of rotatable bonds is 5. The van der Waals surface area contributed by atoms with E-state index >= 15 is 0 Å². The molecule has 1 aliphatic carbocycles. The maximum atomic E-state index is 12.8. The van der Waals surface area contributed by atoms with Crippen LogP contribution in [-0.4, -0.2) is 30.5 Å². The second-order valence-corrected chi connectivity index (χ2v) is 7.88. The summed E-state index contributed by atoms with van der Waals surface area (Å²) >= 11 is 3.08. The van der Waals surface area contributed by atoms with Gasteiger partial charge >= 0.3 is 0 Å². The van der Waals surface area contributed by atoms with Crippen molar-refractivity contribution in [2.24, 2.45) is 0 Å². The molecule has 0 atom stereocenters. The Hall–Kier alpha value is -1.14. The maximum Gasteiger partial charge on any atom is 0.266 e. The van der Waals surface area contributed by atoms with E-state index in [0.29, 0.717) is 0 Å². The van der Waals surface area contributed by atoms with Gasteiger partial charge in [0.25, 0.3) is 10.0 Å². The van der Waals surface area contributed by atoms with Crippen molar-refractivity contribution < 1.29 is 13.2 Å². The number of alkyl halides is 1. The lowest BCUT2D eigenvalue weighted by Crippen LogP contribution is -2.39. The smallest absolute Gasteiger partial charge is 0.266 e. The fourth-order valence-electron chi connectivity index (χ4n) is 2.44. The van der Waals surface area contributed by atoms with Crippen molar-refractivity contribution in [2.75, 3.05) is 11.9 Å². The average Bonchev–Trinajstić information content (AvgIpc) is 2.53. The number of benzene rings is 1. The first-order chi connectivity index (χ1) is 10.4. The predicted molar refractivity (Wildman–Crippen MR) is 90.4 cm³/mol. The van der Waals surface area contributed by atoms with E-state index in [2.05, 4.69) is 22.0 Å². The molecular formula is C16H20BrNO3S. The van der Waals surface area contributed by atoms with Gasteiger partial charge in [0.2, 0.25) is 5.91 Å². The quantitative estimate of drug-likeness (QED) is 0.576. The van der Waals surface area contributed by atoms with Gasteiger partial charge in [-0.2, -0.15) is 0 Å². The summed E-state index contributed by atoms with van der Waals surface area (Å²) in [5, 5.41) is -0.00856. The second-order valence-electron chi connectivity index (χ2n) is 5.46. The number of nitrogens with zero attached hydrogens (tertiary/aromatic N) is 1. The number of sulfonamides is 1. The fourth-order valence-corrected chi connectivity index (χ4v) is 4.32. The van der Waals surface area contributed by atoms with E-state index in [4.69, 9.17) is 0 Å². The molecule has 0 heterocycles. The second kappa shape index (κ2) is 7.42. The summed E-state index contributed by atoms with van der Waals surface area (Å²) in [5.41, 5.74) is 2.00.